The average Bonchev–Trinajstić information content (AvgIpc) is 2.43. The Morgan fingerprint density at radius 2 is 2.00 bits per heavy atom. The number of hydrogen-bond donors (Lipinski definition) is 0. The normalized spacial score (nSPS) is 19.5. The van der Waals surface area contributed by atoms with E-state index < -0.39 is 0 Å². The summed E-state index contributed by atoms with van der Waals surface area (Å²) < 4.78 is 5.39. The van der Waals surface area contributed by atoms with E-state index in [2.05, 4.69) is 25.8 Å². The van der Waals surface area contributed by atoms with Crippen LogP contribution in [-0.2, 0) is 6.54 Å². The van der Waals surface area contributed by atoms with E-state index in [1.807, 2.05) is 0 Å². The second kappa shape index (κ2) is 4.94. The smallest absolute Gasteiger partial charge is 0.264 e. The Kier molecular flexibility index (Phi) is 3.59. The molecule has 1 aromatic heterocycles. The van der Waals surface area contributed by atoms with Gasteiger partial charge in [0.15, 0.2) is 0 Å². The molecule has 1 aromatic rings. The molecular weight excluding hydrogens is 244 g/mol. The minimum Gasteiger partial charge on any atom is -0.435 e. The molecule has 0 radical (unpaired) electrons. The SMILES string of the molecule is Brc1ncc(CN2CCCCCC2)o1. The van der Waals surface area contributed by atoms with E-state index in [0.717, 1.165) is 12.3 Å². The van der Waals surface area contributed by atoms with E-state index in [0.29, 0.717) is 4.80 Å². The van der Waals surface area contributed by atoms with E-state index in [-0.39, 0.29) is 0 Å². The van der Waals surface area contributed by atoms with Crippen LogP contribution < -0.4 is 0 Å². The van der Waals surface area contributed by atoms with E-state index in [4.69, 9.17) is 4.42 Å². The van der Waals surface area contributed by atoms with Crippen molar-refractivity contribution in [1.82, 2.24) is 9.88 Å². The van der Waals surface area contributed by atoms with Crippen LogP contribution in [0.2, 0.25) is 0 Å². The Morgan fingerprint density at radius 3 is 2.57 bits per heavy atom. The summed E-state index contributed by atoms with van der Waals surface area (Å²) in [5, 5.41) is 0. The number of likely N-dealkylation sites (tertiary alicyclic amines) is 1. The fraction of sp³-hybridized carbons (Fsp3) is 0.700. The van der Waals surface area contributed by atoms with Gasteiger partial charge >= 0.3 is 0 Å². The molecule has 0 aromatic carbocycles. The van der Waals surface area contributed by atoms with Crippen LogP contribution in [-0.4, -0.2) is 23.0 Å². The second-order valence-corrected chi connectivity index (χ2v) is 4.45. The zero-order valence-electron chi connectivity index (χ0n) is 8.21. The van der Waals surface area contributed by atoms with Crippen LogP contribution in [0.15, 0.2) is 15.4 Å². The number of nitrogens with zero attached hydrogens (tertiary/aromatic N) is 2. The van der Waals surface area contributed by atoms with Gasteiger partial charge in [0.2, 0.25) is 0 Å². The molecule has 1 saturated heterocycles. The van der Waals surface area contributed by atoms with Gasteiger partial charge in [-0.2, -0.15) is 0 Å². The Hall–Kier alpha value is -0.350. The van der Waals surface area contributed by atoms with Gasteiger partial charge in [-0.05, 0) is 25.9 Å². The van der Waals surface area contributed by atoms with Gasteiger partial charge in [0.1, 0.15) is 5.76 Å². The molecule has 78 valence electrons. The van der Waals surface area contributed by atoms with Gasteiger partial charge in [-0.15, -0.1) is 0 Å². The molecule has 0 unspecified atom stereocenters. The Labute approximate surface area is 92.6 Å². The minimum absolute atomic E-state index is 0.585. The fourth-order valence-electron chi connectivity index (χ4n) is 1.87. The summed E-state index contributed by atoms with van der Waals surface area (Å²) in [6.07, 6.45) is 7.17. The number of rotatable bonds is 2. The van der Waals surface area contributed by atoms with Gasteiger partial charge in [-0.25, -0.2) is 4.98 Å². The molecule has 2 heterocycles. The topological polar surface area (TPSA) is 29.3 Å². The summed E-state index contributed by atoms with van der Waals surface area (Å²) >= 11 is 3.22. The highest BCUT2D eigenvalue weighted by molar-refractivity contribution is 9.10. The van der Waals surface area contributed by atoms with Crippen molar-refractivity contribution < 1.29 is 4.42 Å². The van der Waals surface area contributed by atoms with Gasteiger partial charge in [0, 0.05) is 15.9 Å². The first-order valence-corrected chi connectivity index (χ1v) is 5.96. The van der Waals surface area contributed by atoms with Crippen LogP contribution in [0.4, 0.5) is 0 Å². The maximum absolute atomic E-state index is 5.39. The lowest BCUT2D eigenvalue weighted by Crippen LogP contribution is -2.23. The highest BCUT2D eigenvalue weighted by atomic mass is 79.9. The molecule has 4 heteroatoms. The lowest BCUT2D eigenvalue weighted by atomic mass is 10.2. The van der Waals surface area contributed by atoms with Gasteiger partial charge in [0.25, 0.3) is 4.80 Å². The monoisotopic (exact) mass is 258 g/mol. The molecule has 0 aliphatic carbocycles. The van der Waals surface area contributed by atoms with Gasteiger partial charge in [0.05, 0.1) is 12.7 Å². The van der Waals surface area contributed by atoms with Crippen molar-refractivity contribution in [3.05, 3.63) is 16.8 Å². The van der Waals surface area contributed by atoms with Crippen molar-refractivity contribution in [2.75, 3.05) is 13.1 Å². The predicted molar refractivity (Wildman–Crippen MR) is 57.9 cm³/mol. The van der Waals surface area contributed by atoms with Crippen molar-refractivity contribution in [1.29, 1.82) is 0 Å². The van der Waals surface area contributed by atoms with E-state index in [1.54, 1.807) is 6.20 Å². The van der Waals surface area contributed by atoms with Crippen LogP contribution in [0, 0.1) is 0 Å². The third-order valence-corrected chi connectivity index (χ3v) is 2.97. The largest absolute Gasteiger partial charge is 0.435 e. The van der Waals surface area contributed by atoms with Crippen LogP contribution in [0.1, 0.15) is 31.4 Å². The lowest BCUT2D eigenvalue weighted by molar-refractivity contribution is 0.251. The molecule has 0 N–H and O–H groups in total. The fourth-order valence-corrected chi connectivity index (χ4v) is 2.18. The lowest BCUT2D eigenvalue weighted by Gasteiger charge is -2.17. The van der Waals surface area contributed by atoms with Gasteiger partial charge in [-0.3, -0.25) is 4.90 Å². The van der Waals surface area contributed by atoms with E-state index in [1.165, 1.54) is 38.8 Å². The number of hydrogen-bond acceptors (Lipinski definition) is 3. The molecular formula is C10H15BrN2O. The first-order valence-electron chi connectivity index (χ1n) is 5.17. The summed E-state index contributed by atoms with van der Waals surface area (Å²) in [5.41, 5.74) is 0. The van der Waals surface area contributed by atoms with Crippen LogP contribution >= 0.6 is 15.9 Å². The van der Waals surface area contributed by atoms with Crippen LogP contribution in [0.3, 0.4) is 0 Å². The molecule has 2 rings (SSSR count). The summed E-state index contributed by atoms with van der Waals surface area (Å²) in [4.78, 5) is 7.06. The summed E-state index contributed by atoms with van der Waals surface area (Å²) in [6, 6.07) is 0. The molecule has 3 nitrogen and oxygen atoms in total. The van der Waals surface area contributed by atoms with Gasteiger partial charge in [-0.1, -0.05) is 12.8 Å². The molecule has 0 spiro atoms. The maximum atomic E-state index is 5.39. The number of halogens is 1. The standard InChI is InChI=1S/C10H15BrN2O/c11-10-12-7-9(14-10)8-13-5-3-1-2-4-6-13/h7H,1-6,8H2. The third-order valence-electron chi connectivity index (χ3n) is 2.60. The van der Waals surface area contributed by atoms with E-state index >= 15 is 0 Å². The Balaban J connectivity index is 1.89. The average molecular weight is 259 g/mol. The van der Waals surface area contributed by atoms with Crippen LogP contribution in [0.5, 0.6) is 0 Å². The molecule has 0 saturated carbocycles. The molecule has 1 fully saturated rings. The molecule has 0 bridgehead atoms. The Morgan fingerprint density at radius 1 is 1.29 bits per heavy atom. The molecule has 1 aliphatic heterocycles. The quantitative estimate of drug-likeness (QED) is 0.817. The van der Waals surface area contributed by atoms with Crippen molar-refractivity contribution in [2.45, 2.75) is 32.2 Å². The Bertz CT molecular complexity index is 279. The van der Waals surface area contributed by atoms with Crippen molar-refractivity contribution in [2.24, 2.45) is 0 Å². The summed E-state index contributed by atoms with van der Waals surface area (Å²) in [5.74, 6) is 0.957. The summed E-state index contributed by atoms with van der Waals surface area (Å²) in [7, 11) is 0. The third kappa shape index (κ3) is 2.82. The minimum atomic E-state index is 0.585. The van der Waals surface area contributed by atoms with E-state index in [9.17, 15) is 0 Å². The number of aromatic nitrogens is 1. The molecule has 0 amide bonds. The van der Waals surface area contributed by atoms with Crippen molar-refractivity contribution in [3.8, 4) is 0 Å². The second-order valence-electron chi connectivity index (χ2n) is 3.77. The maximum Gasteiger partial charge on any atom is 0.264 e. The highest BCUT2D eigenvalue weighted by Gasteiger charge is 2.11. The van der Waals surface area contributed by atoms with Crippen molar-refractivity contribution >= 4 is 15.9 Å². The molecule has 14 heavy (non-hydrogen) atoms. The number of oxazole rings is 1. The zero-order valence-corrected chi connectivity index (χ0v) is 9.79. The van der Waals surface area contributed by atoms with Crippen LogP contribution in [0.25, 0.3) is 0 Å². The zero-order chi connectivity index (χ0) is 9.80. The van der Waals surface area contributed by atoms with Crippen molar-refractivity contribution in [3.63, 3.8) is 0 Å². The first-order chi connectivity index (χ1) is 6.84. The molecule has 1 aliphatic rings. The molecule has 0 atom stereocenters. The summed E-state index contributed by atoms with van der Waals surface area (Å²) in [6.45, 7) is 3.29. The predicted octanol–water partition coefficient (Wildman–Crippen LogP) is 2.81. The first kappa shape index (κ1) is 10.2. The van der Waals surface area contributed by atoms with Gasteiger partial charge < -0.3 is 4.42 Å². The highest BCUT2D eigenvalue weighted by Crippen LogP contribution is 2.15.